The fourth-order valence-electron chi connectivity index (χ4n) is 4.58. The zero-order valence-electron chi connectivity index (χ0n) is 18.3. The van der Waals surface area contributed by atoms with E-state index in [0.717, 1.165) is 11.1 Å². The van der Waals surface area contributed by atoms with Crippen LogP contribution < -0.4 is 10.6 Å². The Kier molecular flexibility index (Phi) is 7.24. The number of nitrogens with one attached hydrogen (secondary N) is 2. The number of hydrogen-bond acceptors (Lipinski definition) is 5. The Balaban J connectivity index is 1.11. The first kappa shape index (κ1) is 22.8. The number of benzene rings is 2. The van der Waals surface area contributed by atoms with Crippen LogP contribution in [0.25, 0.3) is 11.1 Å². The van der Waals surface area contributed by atoms with Gasteiger partial charge >= 0.3 is 12.1 Å². The molecule has 2 aromatic carbocycles. The van der Waals surface area contributed by atoms with Gasteiger partial charge in [-0.15, -0.1) is 0 Å². The molecule has 8 heteroatoms. The number of rotatable bonds is 10. The van der Waals surface area contributed by atoms with Crippen LogP contribution in [0.3, 0.4) is 0 Å². The van der Waals surface area contributed by atoms with E-state index in [0.29, 0.717) is 12.8 Å². The lowest BCUT2D eigenvalue weighted by molar-refractivity contribution is -0.139. The van der Waals surface area contributed by atoms with E-state index in [2.05, 4.69) is 34.9 Å². The van der Waals surface area contributed by atoms with E-state index in [9.17, 15) is 14.4 Å². The number of fused-ring (bicyclic) bond motifs is 3. The molecule has 0 radical (unpaired) electrons. The second-order valence-corrected chi connectivity index (χ2v) is 8.50. The number of aliphatic carboxylic acids is 1. The van der Waals surface area contributed by atoms with E-state index in [4.69, 9.17) is 14.6 Å². The van der Waals surface area contributed by atoms with Gasteiger partial charge in [-0.3, -0.25) is 9.59 Å². The van der Waals surface area contributed by atoms with Gasteiger partial charge < -0.3 is 25.2 Å². The van der Waals surface area contributed by atoms with Crippen LogP contribution in [0.4, 0.5) is 4.79 Å². The van der Waals surface area contributed by atoms with Crippen LogP contribution in [0.1, 0.15) is 36.3 Å². The number of hydrogen-bond donors (Lipinski definition) is 3. The lowest BCUT2D eigenvalue weighted by Gasteiger charge is -2.34. The number of carboxylic acids is 1. The summed E-state index contributed by atoms with van der Waals surface area (Å²) >= 11 is 0. The van der Waals surface area contributed by atoms with Crippen molar-refractivity contribution in [2.24, 2.45) is 5.92 Å². The molecule has 2 aliphatic rings. The lowest BCUT2D eigenvalue weighted by atomic mass is 9.78. The van der Waals surface area contributed by atoms with Gasteiger partial charge in [0.2, 0.25) is 5.91 Å². The summed E-state index contributed by atoms with van der Waals surface area (Å²) in [6.45, 7) is 0.553. The van der Waals surface area contributed by atoms with Gasteiger partial charge in [-0.2, -0.15) is 0 Å². The monoisotopic (exact) mass is 452 g/mol. The summed E-state index contributed by atoms with van der Waals surface area (Å²) in [7, 11) is 0. The van der Waals surface area contributed by atoms with Gasteiger partial charge in [-0.05, 0) is 41.0 Å². The standard InChI is InChI=1S/C25H28N2O6/c28-23(27-17-11-16(12-17)13-24(29)30)15-32-10-9-26-25(31)33-14-22-20-7-3-1-5-18(20)19-6-2-4-8-21(19)22/h1-8,16-17,22H,9-15H2,(H,26,31)(H,27,28)(H,29,30). The Labute approximate surface area is 192 Å². The van der Waals surface area contributed by atoms with Gasteiger partial charge in [0.1, 0.15) is 13.2 Å². The van der Waals surface area contributed by atoms with Crippen molar-refractivity contribution < 1.29 is 29.0 Å². The quantitative estimate of drug-likeness (QED) is 0.478. The minimum Gasteiger partial charge on any atom is -0.481 e. The minimum absolute atomic E-state index is 0.00435. The van der Waals surface area contributed by atoms with Gasteiger partial charge in [0, 0.05) is 24.9 Å². The van der Waals surface area contributed by atoms with Crippen LogP contribution in [-0.2, 0) is 19.1 Å². The molecule has 1 saturated carbocycles. The molecule has 3 N–H and O–H groups in total. The Hall–Kier alpha value is -3.39. The SMILES string of the molecule is O=C(O)CC1CC(NC(=O)COCCNC(=O)OCC2c3ccccc3-c3ccccc32)C1. The zero-order valence-corrected chi connectivity index (χ0v) is 18.3. The predicted molar refractivity (Wildman–Crippen MR) is 121 cm³/mol. The van der Waals surface area contributed by atoms with Crippen LogP contribution in [0.2, 0.25) is 0 Å². The molecular formula is C25H28N2O6. The van der Waals surface area contributed by atoms with Crippen LogP contribution >= 0.6 is 0 Å². The second-order valence-electron chi connectivity index (χ2n) is 8.50. The third-order valence-corrected chi connectivity index (χ3v) is 6.16. The van der Waals surface area contributed by atoms with Gasteiger partial charge in [-0.25, -0.2) is 4.79 Å². The van der Waals surface area contributed by atoms with Crippen LogP contribution in [0, 0.1) is 5.92 Å². The largest absolute Gasteiger partial charge is 0.481 e. The number of alkyl carbamates (subject to hydrolysis) is 1. The maximum absolute atomic E-state index is 12.1. The number of carbonyl (C=O) groups is 3. The van der Waals surface area contributed by atoms with Crippen molar-refractivity contribution in [3.8, 4) is 11.1 Å². The van der Waals surface area contributed by atoms with Crippen molar-refractivity contribution in [1.29, 1.82) is 0 Å². The Morgan fingerprint density at radius 1 is 0.970 bits per heavy atom. The molecule has 0 aromatic heterocycles. The van der Waals surface area contributed by atoms with Crippen LogP contribution in [-0.4, -0.2) is 55.5 Å². The van der Waals surface area contributed by atoms with Gasteiger partial charge in [0.25, 0.3) is 0 Å². The summed E-state index contributed by atoms with van der Waals surface area (Å²) in [6.07, 6.45) is 0.983. The van der Waals surface area contributed by atoms with Gasteiger partial charge in [0.15, 0.2) is 0 Å². The summed E-state index contributed by atoms with van der Waals surface area (Å²) < 4.78 is 10.8. The van der Waals surface area contributed by atoms with Crippen molar-refractivity contribution in [3.63, 3.8) is 0 Å². The topological polar surface area (TPSA) is 114 Å². The average molecular weight is 453 g/mol. The number of amides is 2. The first-order valence-corrected chi connectivity index (χ1v) is 11.2. The summed E-state index contributed by atoms with van der Waals surface area (Å²) in [5.41, 5.74) is 4.66. The van der Waals surface area contributed by atoms with Crippen molar-refractivity contribution in [2.45, 2.75) is 31.2 Å². The lowest BCUT2D eigenvalue weighted by Crippen LogP contribution is -2.46. The van der Waals surface area contributed by atoms with Gasteiger partial charge in [0.05, 0.1) is 6.61 Å². The molecule has 4 rings (SSSR count). The summed E-state index contributed by atoms with van der Waals surface area (Å²) in [6, 6.07) is 16.3. The molecule has 174 valence electrons. The summed E-state index contributed by atoms with van der Waals surface area (Å²) in [5.74, 6) is -0.910. The molecular weight excluding hydrogens is 424 g/mol. The first-order chi connectivity index (χ1) is 16.0. The molecule has 1 fully saturated rings. The molecule has 8 nitrogen and oxygen atoms in total. The Morgan fingerprint density at radius 3 is 2.24 bits per heavy atom. The van der Waals surface area contributed by atoms with Gasteiger partial charge in [-0.1, -0.05) is 48.5 Å². The second kappa shape index (κ2) is 10.5. The highest BCUT2D eigenvalue weighted by atomic mass is 16.5. The highest BCUT2D eigenvalue weighted by Crippen LogP contribution is 2.44. The average Bonchev–Trinajstić information content (AvgIpc) is 3.09. The fourth-order valence-corrected chi connectivity index (χ4v) is 4.58. The van der Waals surface area contributed by atoms with E-state index in [-0.39, 0.29) is 56.6 Å². The third kappa shape index (κ3) is 5.70. The Morgan fingerprint density at radius 2 is 1.61 bits per heavy atom. The zero-order chi connectivity index (χ0) is 23.2. The van der Waals surface area contributed by atoms with E-state index in [1.54, 1.807) is 0 Å². The number of carbonyl (C=O) groups excluding carboxylic acids is 2. The molecule has 0 heterocycles. The van der Waals surface area contributed by atoms with E-state index < -0.39 is 12.1 Å². The van der Waals surface area contributed by atoms with E-state index >= 15 is 0 Å². The minimum atomic E-state index is -0.808. The number of carboxylic acid groups (broad SMARTS) is 1. The molecule has 0 aliphatic heterocycles. The van der Waals surface area contributed by atoms with Crippen molar-refractivity contribution in [2.75, 3.05) is 26.4 Å². The van der Waals surface area contributed by atoms with E-state index in [1.807, 2.05) is 24.3 Å². The molecule has 2 amide bonds. The van der Waals surface area contributed by atoms with Crippen molar-refractivity contribution in [1.82, 2.24) is 10.6 Å². The van der Waals surface area contributed by atoms with Crippen molar-refractivity contribution >= 4 is 18.0 Å². The van der Waals surface area contributed by atoms with Crippen LogP contribution in [0.15, 0.2) is 48.5 Å². The highest BCUT2D eigenvalue weighted by Gasteiger charge is 2.31. The predicted octanol–water partition coefficient (Wildman–Crippen LogP) is 2.91. The summed E-state index contributed by atoms with van der Waals surface area (Å²) in [4.78, 5) is 34.6. The molecule has 0 spiro atoms. The van der Waals surface area contributed by atoms with Crippen LogP contribution in [0.5, 0.6) is 0 Å². The summed E-state index contributed by atoms with van der Waals surface area (Å²) in [5, 5.41) is 14.2. The molecule has 33 heavy (non-hydrogen) atoms. The normalized spacial score (nSPS) is 18.5. The Bertz CT molecular complexity index is 972. The maximum Gasteiger partial charge on any atom is 0.407 e. The smallest absolute Gasteiger partial charge is 0.407 e. The highest BCUT2D eigenvalue weighted by molar-refractivity contribution is 5.79. The third-order valence-electron chi connectivity index (χ3n) is 6.16. The first-order valence-electron chi connectivity index (χ1n) is 11.2. The molecule has 0 bridgehead atoms. The van der Waals surface area contributed by atoms with E-state index in [1.165, 1.54) is 11.1 Å². The number of ether oxygens (including phenoxy) is 2. The molecule has 2 aliphatic carbocycles. The molecule has 2 aromatic rings. The molecule has 0 atom stereocenters. The molecule has 0 unspecified atom stereocenters. The molecule has 0 saturated heterocycles. The fraction of sp³-hybridized carbons (Fsp3) is 0.400. The maximum atomic E-state index is 12.1. The van der Waals surface area contributed by atoms with Crippen molar-refractivity contribution in [3.05, 3.63) is 59.7 Å².